The van der Waals surface area contributed by atoms with E-state index in [0.29, 0.717) is 11.4 Å². The lowest BCUT2D eigenvalue weighted by Crippen LogP contribution is -2.28. The number of hydrogen-bond donors (Lipinski definition) is 1. The van der Waals surface area contributed by atoms with Gasteiger partial charge in [0.15, 0.2) is 0 Å². The lowest BCUT2D eigenvalue weighted by molar-refractivity contribution is -0.120. The molecule has 0 atom stereocenters. The maximum atomic E-state index is 12.1. The fourth-order valence-corrected chi connectivity index (χ4v) is 3.74. The molecule has 136 valence electrons. The third-order valence-corrected chi connectivity index (χ3v) is 5.37. The Morgan fingerprint density at radius 2 is 2.00 bits per heavy atom. The third kappa shape index (κ3) is 6.42. The monoisotopic (exact) mass is 379 g/mol. The van der Waals surface area contributed by atoms with Crippen LogP contribution in [0.3, 0.4) is 0 Å². The molecule has 2 aromatic rings. The summed E-state index contributed by atoms with van der Waals surface area (Å²) < 4.78 is 0. The first-order valence-corrected chi connectivity index (χ1v) is 10.1. The van der Waals surface area contributed by atoms with Gasteiger partial charge in [-0.15, -0.1) is 11.3 Å². The lowest BCUT2D eigenvalue weighted by atomic mass is 10.2. The first kappa shape index (κ1) is 19.9. The number of amides is 1. The highest BCUT2D eigenvalue weighted by atomic mass is 35.5. The van der Waals surface area contributed by atoms with Crippen molar-refractivity contribution < 1.29 is 4.79 Å². The molecular formula is C19H26ClN3OS. The van der Waals surface area contributed by atoms with Crippen molar-refractivity contribution in [3.05, 3.63) is 40.4 Å². The number of thiazole rings is 1. The van der Waals surface area contributed by atoms with E-state index in [1.54, 1.807) is 0 Å². The number of nitrogens with zero attached hydrogens (tertiary/aromatic N) is 2. The van der Waals surface area contributed by atoms with Gasteiger partial charge in [-0.1, -0.05) is 43.6 Å². The lowest BCUT2D eigenvalue weighted by Gasteiger charge is -2.17. The molecule has 2 rings (SSSR count). The summed E-state index contributed by atoms with van der Waals surface area (Å²) in [7, 11) is 0. The molecule has 0 bridgehead atoms. The summed E-state index contributed by atoms with van der Waals surface area (Å²) in [5.74, 6) is 0.0267. The summed E-state index contributed by atoms with van der Waals surface area (Å²) in [5.41, 5.74) is 1.71. The summed E-state index contributed by atoms with van der Waals surface area (Å²) in [6.07, 6.45) is 2.43. The second-order valence-corrected chi connectivity index (χ2v) is 7.15. The van der Waals surface area contributed by atoms with Gasteiger partial charge in [-0.25, -0.2) is 4.98 Å². The fraction of sp³-hybridized carbons (Fsp3) is 0.474. The van der Waals surface area contributed by atoms with Gasteiger partial charge < -0.3 is 10.2 Å². The molecule has 1 amide bonds. The molecular weight excluding hydrogens is 354 g/mol. The molecule has 1 aromatic carbocycles. The molecule has 1 N–H and O–H groups in total. The Balaban J connectivity index is 1.74. The van der Waals surface area contributed by atoms with Gasteiger partial charge in [-0.05, 0) is 38.5 Å². The van der Waals surface area contributed by atoms with E-state index in [0.717, 1.165) is 55.3 Å². The number of aromatic nitrogens is 1. The van der Waals surface area contributed by atoms with Crippen molar-refractivity contribution in [3.63, 3.8) is 0 Å². The molecule has 0 saturated heterocycles. The zero-order chi connectivity index (χ0) is 18.1. The van der Waals surface area contributed by atoms with Crippen LogP contribution in [0.25, 0.3) is 10.6 Å². The van der Waals surface area contributed by atoms with E-state index in [1.807, 2.05) is 29.6 Å². The van der Waals surface area contributed by atoms with Gasteiger partial charge in [-0.3, -0.25) is 4.79 Å². The molecule has 0 unspecified atom stereocenters. The van der Waals surface area contributed by atoms with E-state index in [4.69, 9.17) is 11.6 Å². The first-order valence-electron chi connectivity index (χ1n) is 8.82. The molecule has 0 radical (unpaired) electrons. The van der Waals surface area contributed by atoms with E-state index in [1.165, 1.54) is 11.3 Å². The zero-order valence-electron chi connectivity index (χ0n) is 14.9. The van der Waals surface area contributed by atoms with Crippen molar-refractivity contribution in [1.82, 2.24) is 15.2 Å². The van der Waals surface area contributed by atoms with Crippen LogP contribution in [-0.4, -0.2) is 42.0 Å². The third-order valence-electron chi connectivity index (χ3n) is 4.12. The van der Waals surface area contributed by atoms with E-state index in [-0.39, 0.29) is 5.91 Å². The van der Waals surface area contributed by atoms with Gasteiger partial charge in [-0.2, -0.15) is 0 Å². The van der Waals surface area contributed by atoms with Gasteiger partial charge in [0.25, 0.3) is 0 Å². The van der Waals surface area contributed by atoms with Gasteiger partial charge in [0.1, 0.15) is 5.01 Å². The molecule has 4 nitrogen and oxygen atoms in total. The smallest absolute Gasteiger partial charge is 0.226 e. The first-order chi connectivity index (χ1) is 12.1. The largest absolute Gasteiger partial charge is 0.356 e. The Labute approximate surface area is 159 Å². The van der Waals surface area contributed by atoms with Crippen molar-refractivity contribution in [2.24, 2.45) is 0 Å². The van der Waals surface area contributed by atoms with Crippen molar-refractivity contribution in [2.75, 3.05) is 26.2 Å². The highest BCUT2D eigenvalue weighted by Gasteiger charge is 2.10. The SMILES string of the molecule is CCN(CC)CCCCNC(=O)Cc1csc(-c2ccccc2Cl)n1. The fourth-order valence-electron chi connectivity index (χ4n) is 2.60. The molecule has 1 aromatic heterocycles. The second kappa shape index (κ2) is 10.5. The zero-order valence-corrected chi connectivity index (χ0v) is 16.5. The van der Waals surface area contributed by atoms with Crippen LogP contribution in [0.15, 0.2) is 29.6 Å². The van der Waals surface area contributed by atoms with Crippen LogP contribution in [0.2, 0.25) is 5.02 Å². The van der Waals surface area contributed by atoms with Gasteiger partial charge in [0.2, 0.25) is 5.91 Å². The van der Waals surface area contributed by atoms with Gasteiger partial charge >= 0.3 is 0 Å². The van der Waals surface area contributed by atoms with Gasteiger partial charge in [0.05, 0.1) is 17.1 Å². The predicted molar refractivity (Wildman–Crippen MR) is 106 cm³/mol. The number of nitrogens with one attached hydrogen (secondary N) is 1. The number of carbonyl (C=O) groups excluding carboxylic acids is 1. The Hall–Kier alpha value is -1.43. The van der Waals surface area contributed by atoms with Crippen LogP contribution in [0.1, 0.15) is 32.4 Å². The highest BCUT2D eigenvalue weighted by molar-refractivity contribution is 7.13. The average Bonchev–Trinajstić information content (AvgIpc) is 3.06. The molecule has 0 fully saturated rings. The summed E-state index contributed by atoms with van der Waals surface area (Å²) >= 11 is 7.72. The van der Waals surface area contributed by atoms with Crippen molar-refractivity contribution in [1.29, 1.82) is 0 Å². The molecule has 0 saturated carbocycles. The average molecular weight is 380 g/mol. The van der Waals surface area contributed by atoms with Crippen LogP contribution < -0.4 is 5.32 Å². The van der Waals surface area contributed by atoms with Crippen molar-refractivity contribution >= 4 is 28.8 Å². The van der Waals surface area contributed by atoms with Gasteiger partial charge in [0, 0.05) is 17.5 Å². The van der Waals surface area contributed by atoms with E-state index >= 15 is 0 Å². The normalized spacial score (nSPS) is 11.0. The van der Waals surface area contributed by atoms with Crippen LogP contribution in [-0.2, 0) is 11.2 Å². The summed E-state index contributed by atoms with van der Waals surface area (Å²) in [6.45, 7) is 8.34. The Bertz CT molecular complexity index is 670. The minimum absolute atomic E-state index is 0.0267. The highest BCUT2D eigenvalue weighted by Crippen LogP contribution is 2.30. The Kier molecular flexibility index (Phi) is 8.38. The topological polar surface area (TPSA) is 45.2 Å². The van der Waals surface area contributed by atoms with Crippen molar-refractivity contribution in [3.8, 4) is 10.6 Å². The summed E-state index contributed by atoms with van der Waals surface area (Å²) in [6, 6.07) is 7.63. The molecule has 0 spiro atoms. The number of unbranched alkanes of at least 4 members (excludes halogenated alkanes) is 1. The molecule has 25 heavy (non-hydrogen) atoms. The number of hydrogen-bond acceptors (Lipinski definition) is 4. The molecule has 0 aliphatic carbocycles. The van der Waals surface area contributed by atoms with Crippen molar-refractivity contribution in [2.45, 2.75) is 33.1 Å². The molecule has 0 aliphatic rings. The number of halogens is 1. The Morgan fingerprint density at radius 3 is 2.72 bits per heavy atom. The Morgan fingerprint density at radius 1 is 1.24 bits per heavy atom. The number of rotatable bonds is 10. The van der Waals surface area contributed by atoms with E-state index in [2.05, 4.69) is 29.0 Å². The van der Waals surface area contributed by atoms with Crippen LogP contribution >= 0.6 is 22.9 Å². The van der Waals surface area contributed by atoms with Crippen LogP contribution in [0.4, 0.5) is 0 Å². The number of benzene rings is 1. The maximum Gasteiger partial charge on any atom is 0.226 e. The maximum absolute atomic E-state index is 12.1. The number of carbonyl (C=O) groups is 1. The minimum Gasteiger partial charge on any atom is -0.356 e. The molecule has 0 aliphatic heterocycles. The quantitative estimate of drug-likeness (QED) is 0.628. The van der Waals surface area contributed by atoms with Crippen LogP contribution in [0.5, 0.6) is 0 Å². The second-order valence-electron chi connectivity index (χ2n) is 5.88. The molecule has 6 heteroatoms. The minimum atomic E-state index is 0.0267. The van der Waals surface area contributed by atoms with Crippen LogP contribution in [0, 0.1) is 0 Å². The van der Waals surface area contributed by atoms with E-state index < -0.39 is 0 Å². The summed E-state index contributed by atoms with van der Waals surface area (Å²) in [5, 5.41) is 6.45. The molecule has 1 heterocycles. The standard InChI is InChI=1S/C19H26ClN3OS/c1-3-23(4-2)12-8-7-11-21-18(24)13-15-14-25-19(22-15)16-9-5-6-10-17(16)20/h5-6,9-10,14H,3-4,7-8,11-13H2,1-2H3,(H,21,24). The van der Waals surface area contributed by atoms with E-state index in [9.17, 15) is 4.79 Å². The summed E-state index contributed by atoms with van der Waals surface area (Å²) in [4.78, 5) is 19.0. The predicted octanol–water partition coefficient (Wildman–Crippen LogP) is 4.24.